The molecule has 1 N–H and O–H groups in total. The summed E-state index contributed by atoms with van der Waals surface area (Å²) < 4.78 is 5.49. The summed E-state index contributed by atoms with van der Waals surface area (Å²) in [6, 6.07) is 16.5. The highest BCUT2D eigenvalue weighted by Crippen LogP contribution is 2.29. The molecule has 1 unspecified atom stereocenters. The van der Waals surface area contributed by atoms with E-state index in [9.17, 15) is 9.59 Å². The number of thioether (sulfide) groups is 1. The molecule has 0 bridgehead atoms. The molecule has 3 amide bonds. The van der Waals surface area contributed by atoms with Crippen molar-refractivity contribution in [3.63, 3.8) is 0 Å². The summed E-state index contributed by atoms with van der Waals surface area (Å²) in [5.41, 5.74) is 1.69. The highest BCUT2D eigenvalue weighted by molar-refractivity contribution is 7.99. The standard InChI is InChI=1S/C29H33Cl2N7O3S/c1-20-18-37(14-15-38(20)29(40)32-22-7-5-6-21(30)16-22)26-17-25(31)33-28(34-26)42-19-27(39)36-12-10-35(11-13-36)23-8-3-4-9-24(23)41-2/h3-9,16-17,20H,10-15,18-19H2,1-2H3,(H,32,40). The SMILES string of the molecule is COc1ccccc1N1CCN(C(=O)CSc2nc(Cl)cc(N3CCN(C(=O)Nc4cccc(Cl)c4)C(C)C3)n2)CC1. The fourth-order valence-electron chi connectivity index (χ4n) is 5.15. The van der Waals surface area contributed by atoms with Crippen molar-refractivity contribution in [3.05, 3.63) is 64.8 Å². The molecular weight excluding hydrogens is 597 g/mol. The Morgan fingerprint density at radius 1 is 0.976 bits per heavy atom. The van der Waals surface area contributed by atoms with E-state index in [0.717, 1.165) is 24.5 Å². The van der Waals surface area contributed by atoms with Crippen LogP contribution in [0, 0.1) is 0 Å². The molecule has 2 aliphatic heterocycles. The van der Waals surface area contributed by atoms with Crippen LogP contribution in [0.1, 0.15) is 6.92 Å². The van der Waals surface area contributed by atoms with Crippen LogP contribution in [0.5, 0.6) is 5.75 Å². The lowest BCUT2D eigenvalue weighted by Gasteiger charge is -2.40. The number of methoxy groups -OCH3 is 1. The molecule has 0 saturated carbocycles. The van der Waals surface area contributed by atoms with Gasteiger partial charge in [0.2, 0.25) is 5.91 Å². The molecule has 3 heterocycles. The molecule has 13 heteroatoms. The van der Waals surface area contributed by atoms with Crippen molar-refractivity contribution in [3.8, 4) is 5.75 Å². The first-order valence-corrected chi connectivity index (χ1v) is 15.5. The van der Waals surface area contributed by atoms with E-state index in [-0.39, 0.29) is 23.7 Å². The van der Waals surface area contributed by atoms with Crippen LogP contribution < -0.4 is 19.9 Å². The van der Waals surface area contributed by atoms with Gasteiger partial charge in [0.05, 0.1) is 18.6 Å². The predicted molar refractivity (Wildman–Crippen MR) is 168 cm³/mol. The molecule has 0 aliphatic carbocycles. The van der Waals surface area contributed by atoms with Crippen LogP contribution in [0.2, 0.25) is 10.2 Å². The third-order valence-corrected chi connectivity index (χ3v) is 8.59. The van der Waals surface area contributed by atoms with Gasteiger partial charge in [0.25, 0.3) is 0 Å². The first kappa shape index (κ1) is 30.1. The minimum Gasteiger partial charge on any atom is -0.495 e. The smallest absolute Gasteiger partial charge is 0.322 e. The van der Waals surface area contributed by atoms with Gasteiger partial charge in [0.15, 0.2) is 5.16 Å². The number of nitrogens with zero attached hydrogens (tertiary/aromatic N) is 6. The molecule has 3 aromatic rings. The maximum Gasteiger partial charge on any atom is 0.322 e. The number of rotatable bonds is 7. The van der Waals surface area contributed by atoms with Gasteiger partial charge in [-0.1, -0.05) is 53.2 Å². The summed E-state index contributed by atoms with van der Waals surface area (Å²) in [7, 11) is 1.67. The number of hydrogen-bond donors (Lipinski definition) is 1. The lowest BCUT2D eigenvalue weighted by molar-refractivity contribution is -0.128. The number of urea groups is 1. The van der Waals surface area contributed by atoms with Gasteiger partial charge in [-0.25, -0.2) is 14.8 Å². The topological polar surface area (TPSA) is 94.1 Å². The van der Waals surface area contributed by atoms with Crippen LogP contribution in [0.15, 0.2) is 59.8 Å². The molecule has 2 fully saturated rings. The molecule has 2 aromatic carbocycles. The van der Waals surface area contributed by atoms with Gasteiger partial charge in [-0.3, -0.25) is 4.79 Å². The lowest BCUT2D eigenvalue weighted by atomic mass is 10.2. The number of benzene rings is 2. The second-order valence-corrected chi connectivity index (χ2v) is 11.9. The molecule has 5 rings (SSSR count). The normalized spacial score (nSPS) is 17.3. The number of anilines is 3. The fraction of sp³-hybridized carbons (Fsp3) is 0.379. The molecule has 1 atom stereocenters. The summed E-state index contributed by atoms with van der Waals surface area (Å²) in [6.45, 7) is 6.39. The molecule has 42 heavy (non-hydrogen) atoms. The number of aromatic nitrogens is 2. The zero-order chi connectivity index (χ0) is 29.6. The number of nitrogens with one attached hydrogen (secondary N) is 1. The van der Waals surface area contributed by atoms with Crippen molar-refractivity contribution in [2.24, 2.45) is 0 Å². The Balaban J connectivity index is 1.13. The quantitative estimate of drug-likeness (QED) is 0.222. The van der Waals surface area contributed by atoms with Crippen LogP contribution in [0.3, 0.4) is 0 Å². The number of halogens is 2. The molecule has 0 radical (unpaired) electrons. The Kier molecular flexibility index (Phi) is 9.81. The predicted octanol–water partition coefficient (Wildman–Crippen LogP) is 4.98. The van der Waals surface area contributed by atoms with Crippen molar-refractivity contribution in [2.45, 2.75) is 18.1 Å². The number of para-hydroxylation sites is 2. The third kappa shape index (κ3) is 7.32. The number of hydrogen-bond acceptors (Lipinski definition) is 8. The van der Waals surface area contributed by atoms with Crippen molar-refractivity contribution < 1.29 is 14.3 Å². The first-order chi connectivity index (χ1) is 20.3. The Hall–Kier alpha value is -3.41. The zero-order valence-electron chi connectivity index (χ0n) is 23.5. The van der Waals surface area contributed by atoms with Crippen LogP contribution in [0.25, 0.3) is 0 Å². The average Bonchev–Trinajstić information content (AvgIpc) is 2.99. The average molecular weight is 631 g/mol. The molecule has 2 saturated heterocycles. The van der Waals surface area contributed by atoms with E-state index in [1.807, 2.05) is 36.1 Å². The monoisotopic (exact) mass is 629 g/mol. The van der Waals surface area contributed by atoms with E-state index >= 15 is 0 Å². The maximum absolute atomic E-state index is 13.0. The van der Waals surface area contributed by atoms with Crippen molar-refractivity contribution in [1.82, 2.24) is 19.8 Å². The number of carbonyl (C=O) groups excluding carboxylic acids is 2. The van der Waals surface area contributed by atoms with Gasteiger partial charge in [-0.2, -0.15) is 0 Å². The molecule has 0 spiro atoms. The van der Waals surface area contributed by atoms with Gasteiger partial charge < -0.3 is 29.7 Å². The van der Waals surface area contributed by atoms with Gasteiger partial charge >= 0.3 is 6.03 Å². The van der Waals surface area contributed by atoms with Gasteiger partial charge in [0.1, 0.15) is 16.7 Å². The molecular formula is C29H33Cl2N7O3S. The number of piperazine rings is 2. The highest BCUT2D eigenvalue weighted by Gasteiger charge is 2.29. The van der Waals surface area contributed by atoms with E-state index < -0.39 is 0 Å². The van der Waals surface area contributed by atoms with Crippen molar-refractivity contribution >= 4 is 64.1 Å². The first-order valence-electron chi connectivity index (χ1n) is 13.7. The molecule has 1 aromatic heterocycles. The Labute approximate surface area is 259 Å². The minimum absolute atomic E-state index is 0.0396. The lowest BCUT2D eigenvalue weighted by Crippen LogP contribution is -2.55. The Morgan fingerprint density at radius 3 is 2.48 bits per heavy atom. The Bertz CT molecular complexity index is 1420. The van der Waals surface area contributed by atoms with Crippen molar-refractivity contribution in [1.29, 1.82) is 0 Å². The van der Waals surface area contributed by atoms with E-state index in [0.29, 0.717) is 59.6 Å². The zero-order valence-corrected chi connectivity index (χ0v) is 25.8. The van der Waals surface area contributed by atoms with Crippen LogP contribution in [0.4, 0.5) is 22.0 Å². The summed E-state index contributed by atoms with van der Waals surface area (Å²) in [5.74, 6) is 1.77. The number of carbonyl (C=O) groups is 2. The summed E-state index contributed by atoms with van der Waals surface area (Å²) >= 11 is 13.7. The van der Waals surface area contributed by atoms with Crippen molar-refractivity contribution in [2.75, 3.05) is 73.8 Å². The van der Waals surface area contributed by atoms with Crippen LogP contribution in [-0.2, 0) is 4.79 Å². The third-order valence-electron chi connectivity index (χ3n) is 7.33. The maximum atomic E-state index is 13.0. The van der Waals surface area contributed by atoms with Gasteiger partial charge in [0, 0.05) is 68.6 Å². The minimum atomic E-state index is -0.177. The molecule has 222 valence electrons. The molecule has 10 nitrogen and oxygen atoms in total. The van der Waals surface area contributed by atoms with E-state index in [4.69, 9.17) is 32.9 Å². The summed E-state index contributed by atoms with van der Waals surface area (Å²) in [6.07, 6.45) is 0. The van der Waals surface area contributed by atoms with Crippen LogP contribution in [-0.4, -0.2) is 96.4 Å². The highest BCUT2D eigenvalue weighted by atomic mass is 35.5. The summed E-state index contributed by atoms with van der Waals surface area (Å²) in [4.78, 5) is 42.9. The number of amides is 3. The second-order valence-electron chi connectivity index (χ2n) is 10.1. The Morgan fingerprint density at radius 2 is 1.74 bits per heavy atom. The van der Waals surface area contributed by atoms with Gasteiger partial charge in [-0.05, 0) is 37.3 Å². The van der Waals surface area contributed by atoms with E-state index in [2.05, 4.69) is 20.1 Å². The number of ether oxygens (including phenoxy) is 1. The second kappa shape index (κ2) is 13.7. The van der Waals surface area contributed by atoms with Crippen LogP contribution >= 0.6 is 35.0 Å². The fourth-order valence-corrected chi connectivity index (χ4v) is 6.32. The van der Waals surface area contributed by atoms with Gasteiger partial charge in [-0.15, -0.1) is 0 Å². The molecule has 2 aliphatic rings. The van der Waals surface area contributed by atoms with E-state index in [1.165, 1.54) is 11.8 Å². The summed E-state index contributed by atoms with van der Waals surface area (Å²) in [5, 5.41) is 4.24. The largest absolute Gasteiger partial charge is 0.495 e. The van der Waals surface area contributed by atoms with E-state index in [1.54, 1.807) is 42.3 Å².